The van der Waals surface area contributed by atoms with Crippen molar-refractivity contribution in [3.8, 4) is 0 Å². The highest BCUT2D eigenvalue weighted by Gasteiger charge is 2.17. The molecule has 0 aliphatic rings. The predicted octanol–water partition coefficient (Wildman–Crippen LogP) is 2.10. The van der Waals surface area contributed by atoms with Crippen molar-refractivity contribution < 1.29 is 9.78 Å². The number of aromatic nitrogens is 1. The van der Waals surface area contributed by atoms with E-state index in [1.165, 1.54) is 6.20 Å². The number of rotatable bonds is 3. The zero-order valence-electron chi connectivity index (χ0n) is 9.56. The van der Waals surface area contributed by atoms with Crippen molar-refractivity contribution in [2.75, 3.05) is 11.1 Å². The first-order valence-corrected chi connectivity index (χ1v) is 5.94. The Hall–Kier alpha value is -2.28. The molecule has 18 heavy (non-hydrogen) atoms. The minimum absolute atomic E-state index is 0.261. The molecule has 2 aromatic rings. The first-order chi connectivity index (χ1) is 8.60. The molecule has 2 rings (SSSR count). The topological polar surface area (TPSA) is 98.7 Å². The molecule has 0 unspecified atom stereocenters. The van der Waals surface area contributed by atoms with Crippen LogP contribution in [0.2, 0.25) is 0 Å². The summed E-state index contributed by atoms with van der Waals surface area (Å²) in [6, 6.07) is 5.05. The van der Waals surface area contributed by atoms with Gasteiger partial charge in [0.1, 0.15) is 6.20 Å². The fourth-order valence-electron chi connectivity index (χ4n) is 1.51. The molecule has 0 saturated heterocycles. The molecular weight excluding hydrogens is 252 g/mol. The number of benzene rings is 1. The predicted molar refractivity (Wildman–Crippen MR) is 69.9 cm³/mol. The summed E-state index contributed by atoms with van der Waals surface area (Å²) in [7, 11) is 0. The van der Waals surface area contributed by atoms with Gasteiger partial charge in [-0.25, -0.2) is 9.78 Å². The van der Waals surface area contributed by atoms with Gasteiger partial charge in [-0.15, -0.1) is 4.91 Å². The summed E-state index contributed by atoms with van der Waals surface area (Å²) < 4.78 is 0. The van der Waals surface area contributed by atoms with Crippen molar-refractivity contribution >= 4 is 33.1 Å². The van der Waals surface area contributed by atoms with Crippen molar-refractivity contribution in [1.82, 2.24) is 0 Å². The fourth-order valence-corrected chi connectivity index (χ4v) is 2.14. The number of nitrogen functional groups attached to an aromatic ring is 1. The number of anilines is 2. The van der Waals surface area contributed by atoms with Gasteiger partial charge in [0.15, 0.2) is 0 Å². The van der Waals surface area contributed by atoms with Crippen LogP contribution in [-0.2, 0) is 0 Å². The molecule has 7 heteroatoms. The quantitative estimate of drug-likeness (QED) is 0.655. The van der Waals surface area contributed by atoms with E-state index in [2.05, 4.69) is 15.5 Å². The van der Waals surface area contributed by atoms with Gasteiger partial charge in [-0.1, -0.05) is 0 Å². The Bertz CT molecular complexity index is 609. The number of nitrogens with one attached hydrogen (secondary N) is 2. The Balaban J connectivity index is 2.19. The number of H-pyrrole nitrogens is 1. The molecule has 0 atom stereocenters. The van der Waals surface area contributed by atoms with Crippen LogP contribution in [0.3, 0.4) is 0 Å². The number of hydrogen-bond donors (Lipinski definition) is 2. The van der Waals surface area contributed by atoms with Gasteiger partial charge < -0.3 is 5.73 Å². The van der Waals surface area contributed by atoms with Crippen molar-refractivity contribution in [1.29, 1.82) is 0 Å². The number of amides is 1. The molecule has 0 fully saturated rings. The van der Waals surface area contributed by atoms with Crippen LogP contribution in [0.5, 0.6) is 0 Å². The summed E-state index contributed by atoms with van der Waals surface area (Å²) in [5, 5.41) is 6.17. The highest BCUT2D eigenvalue weighted by Crippen LogP contribution is 2.23. The monoisotopic (exact) mass is 263 g/mol. The SMILES string of the molecule is Cc1cc(N)ccc1C(=O)Nc1[nH+]cc(N=O)s1. The largest absolute Gasteiger partial charge is 0.399 e. The van der Waals surface area contributed by atoms with E-state index in [1.807, 2.05) is 6.92 Å². The Morgan fingerprint density at radius 2 is 2.28 bits per heavy atom. The van der Waals surface area contributed by atoms with Crippen LogP contribution in [0.4, 0.5) is 15.8 Å². The molecule has 0 aliphatic heterocycles. The summed E-state index contributed by atoms with van der Waals surface area (Å²) in [4.78, 5) is 25.0. The zero-order valence-corrected chi connectivity index (χ0v) is 10.4. The van der Waals surface area contributed by atoms with Gasteiger partial charge in [-0.3, -0.25) is 0 Å². The number of aryl methyl sites for hydroxylation is 1. The maximum absolute atomic E-state index is 12.0. The van der Waals surface area contributed by atoms with Gasteiger partial charge in [0.25, 0.3) is 0 Å². The Labute approximate surface area is 107 Å². The Morgan fingerprint density at radius 3 is 2.89 bits per heavy atom. The van der Waals surface area contributed by atoms with E-state index in [1.54, 1.807) is 18.2 Å². The molecule has 0 radical (unpaired) electrons. The molecule has 0 bridgehead atoms. The number of nitrogens with two attached hydrogens (primary N) is 1. The highest BCUT2D eigenvalue weighted by atomic mass is 32.1. The number of hydrogen-bond acceptors (Lipinski definition) is 5. The molecule has 1 aromatic heterocycles. The van der Waals surface area contributed by atoms with Crippen LogP contribution in [-0.4, -0.2) is 5.91 Å². The number of thiazole rings is 1. The third kappa shape index (κ3) is 2.51. The zero-order chi connectivity index (χ0) is 13.1. The number of nitrogens with zero attached hydrogens (tertiary/aromatic N) is 1. The third-order valence-electron chi connectivity index (χ3n) is 2.35. The van der Waals surface area contributed by atoms with Crippen molar-refractivity contribution in [3.63, 3.8) is 0 Å². The van der Waals surface area contributed by atoms with E-state index in [-0.39, 0.29) is 10.9 Å². The molecule has 0 spiro atoms. The van der Waals surface area contributed by atoms with E-state index >= 15 is 0 Å². The van der Waals surface area contributed by atoms with E-state index < -0.39 is 0 Å². The molecule has 1 amide bonds. The highest BCUT2D eigenvalue weighted by molar-refractivity contribution is 7.18. The minimum Gasteiger partial charge on any atom is -0.399 e. The van der Waals surface area contributed by atoms with Gasteiger partial charge in [0.2, 0.25) is 5.00 Å². The van der Waals surface area contributed by atoms with E-state index in [0.29, 0.717) is 16.4 Å². The summed E-state index contributed by atoms with van der Waals surface area (Å²) in [6.45, 7) is 1.81. The standard InChI is InChI=1S/C11H10N4O2S/c1-6-4-7(12)2-3-8(6)10(16)14-11-13-5-9(15-17)18-11/h2-5H,12H2,1H3,(H,13,14,16)/p+1. The van der Waals surface area contributed by atoms with E-state index in [9.17, 15) is 9.70 Å². The number of carbonyl (C=O) groups excluding carboxylic acids is 1. The maximum Gasteiger partial charge on any atom is 0.341 e. The van der Waals surface area contributed by atoms with Crippen LogP contribution >= 0.6 is 11.3 Å². The molecule has 4 N–H and O–H groups in total. The average molecular weight is 263 g/mol. The van der Waals surface area contributed by atoms with Crippen LogP contribution in [0.25, 0.3) is 0 Å². The van der Waals surface area contributed by atoms with Crippen molar-refractivity contribution in [3.05, 3.63) is 40.4 Å². The number of aromatic amines is 1. The first-order valence-electron chi connectivity index (χ1n) is 5.12. The first kappa shape index (κ1) is 12.2. The Kier molecular flexibility index (Phi) is 3.33. The van der Waals surface area contributed by atoms with Gasteiger partial charge in [0.05, 0.1) is 5.56 Å². The molecule has 0 aliphatic carbocycles. The van der Waals surface area contributed by atoms with Crippen molar-refractivity contribution in [2.24, 2.45) is 5.18 Å². The summed E-state index contributed by atoms with van der Waals surface area (Å²) in [5.41, 5.74) is 7.55. The molecule has 1 aromatic carbocycles. The lowest BCUT2D eigenvalue weighted by Gasteiger charge is -2.02. The van der Waals surface area contributed by atoms with Gasteiger partial charge in [-0.05, 0) is 47.2 Å². The van der Waals surface area contributed by atoms with Gasteiger partial charge in [-0.2, -0.15) is 5.32 Å². The van der Waals surface area contributed by atoms with Gasteiger partial charge in [0, 0.05) is 5.69 Å². The number of nitroso groups, excluding NO2 is 1. The molecular formula is C11H11N4O2S+. The second-order valence-corrected chi connectivity index (χ2v) is 4.71. The molecule has 1 heterocycles. The third-order valence-corrected chi connectivity index (χ3v) is 3.17. The summed E-state index contributed by atoms with van der Waals surface area (Å²) >= 11 is 1.07. The van der Waals surface area contributed by atoms with E-state index in [4.69, 9.17) is 5.73 Å². The molecule has 92 valence electrons. The van der Waals surface area contributed by atoms with E-state index in [0.717, 1.165) is 16.9 Å². The van der Waals surface area contributed by atoms with Crippen LogP contribution in [0.1, 0.15) is 15.9 Å². The molecule has 6 nitrogen and oxygen atoms in total. The lowest BCUT2D eigenvalue weighted by atomic mass is 10.1. The summed E-state index contributed by atoms with van der Waals surface area (Å²) in [6.07, 6.45) is 1.43. The number of carbonyl (C=O) groups is 1. The average Bonchev–Trinajstić information content (AvgIpc) is 2.76. The van der Waals surface area contributed by atoms with Gasteiger partial charge >= 0.3 is 11.0 Å². The maximum atomic E-state index is 12.0. The molecule has 0 saturated carbocycles. The second-order valence-electron chi connectivity index (χ2n) is 3.68. The van der Waals surface area contributed by atoms with Crippen LogP contribution in [0, 0.1) is 11.8 Å². The Morgan fingerprint density at radius 1 is 1.50 bits per heavy atom. The van der Waals surface area contributed by atoms with Crippen LogP contribution < -0.4 is 16.0 Å². The lowest BCUT2D eigenvalue weighted by molar-refractivity contribution is -0.353. The fraction of sp³-hybridized carbons (Fsp3) is 0.0909. The normalized spacial score (nSPS) is 10.1. The second kappa shape index (κ2) is 4.92. The lowest BCUT2D eigenvalue weighted by Crippen LogP contribution is -2.17. The minimum atomic E-state index is -0.261. The summed E-state index contributed by atoms with van der Waals surface area (Å²) in [5.74, 6) is -0.261. The smallest absolute Gasteiger partial charge is 0.341 e. The van der Waals surface area contributed by atoms with Crippen molar-refractivity contribution in [2.45, 2.75) is 6.92 Å². The van der Waals surface area contributed by atoms with Crippen LogP contribution in [0.15, 0.2) is 29.6 Å².